The Morgan fingerprint density at radius 3 is 3.08 bits per heavy atom. The Bertz CT molecular complexity index is 245. The summed E-state index contributed by atoms with van der Waals surface area (Å²) in [6, 6.07) is 8.71. The molecule has 0 unspecified atom stereocenters. The van der Waals surface area contributed by atoms with Crippen molar-refractivity contribution in [2.24, 2.45) is 0 Å². The molecule has 0 aliphatic carbocycles. The van der Waals surface area contributed by atoms with E-state index in [-0.39, 0.29) is 0 Å². The Hall–Kier alpha value is -0.470. The number of nitrogens with zero attached hydrogens (tertiary/aromatic N) is 1. The molecule has 2 rings (SSSR count). The van der Waals surface area contributed by atoms with Crippen LogP contribution in [0.4, 0.5) is 0 Å². The molecule has 0 aromatic heterocycles. The summed E-state index contributed by atoms with van der Waals surface area (Å²) in [4.78, 5) is 3.83. The van der Waals surface area contributed by atoms with E-state index in [1.807, 2.05) is 11.8 Å². The smallest absolute Gasteiger partial charge is 0.0488 e. The van der Waals surface area contributed by atoms with Gasteiger partial charge in [-0.05, 0) is 25.1 Å². The first-order valence-electron chi connectivity index (χ1n) is 4.25. The van der Waals surface area contributed by atoms with E-state index < -0.39 is 0 Å². The van der Waals surface area contributed by atoms with Gasteiger partial charge in [-0.2, -0.15) is 0 Å². The second kappa shape index (κ2) is 3.50. The molecule has 1 heterocycles. The van der Waals surface area contributed by atoms with E-state index in [4.69, 9.17) is 0 Å². The van der Waals surface area contributed by atoms with Gasteiger partial charge in [0.05, 0.1) is 0 Å². The minimum atomic E-state index is 1.12. The lowest BCUT2D eigenvalue weighted by atomic mass is 10.1. The van der Waals surface area contributed by atoms with Crippen LogP contribution < -0.4 is 0 Å². The largest absolute Gasteiger partial charge is 0.296 e. The molecule has 0 radical (unpaired) electrons. The number of hydrogen-bond donors (Lipinski definition) is 0. The molecule has 1 aliphatic heterocycles. The van der Waals surface area contributed by atoms with Gasteiger partial charge in [-0.3, -0.25) is 4.90 Å². The summed E-state index contributed by atoms with van der Waals surface area (Å²) in [6.07, 6.45) is 1.19. The highest BCUT2D eigenvalue weighted by molar-refractivity contribution is 7.99. The van der Waals surface area contributed by atoms with Crippen molar-refractivity contribution < 1.29 is 0 Å². The molecule has 0 bridgehead atoms. The molecule has 0 fully saturated rings. The molecule has 0 saturated heterocycles. The molecule has 1 nitrogen and oxygen atoms in total. The summed E-state index contributed by atoms with van der Waals surface area (Å²) >= 11 is 1.94. The number of likely N-dealkylation sites (N-methyl/N-ethyl adjacent to an activating group) is 1. The van der Waals surface area contributed by atoms with Crippen molar-refractivity contribution >= 4 is 11.8 Å². The van der Waals surface area contributed by atoms with Crippen molar-refractivity contribution in [3.63, 3.8) is 0 Å². The molecule has 64 valence electrons. The number of rotatable bonds is 0. The van der Waals surface area contributed by atoms with E-state index in [1.54, 1.807) is 0 Å². The van der Waals surface area contributed by atoms with E-state index in [9.17, 15) is 0 Å². The molecule has 2 heteroatoms. The predicted molar refractivity (Wildman–Crippen MR) is 53.5 cm³/mol. The summed E-state index contributed by atoms with van der Waals surface area (Å²) in [6.45, 7) is 1.18. The number of hydrogen-bond acceptors (Lipinski definition) is 2. The molecule has 1 aromatic rings. The lowest BCUT2D eigenvalue weighted by Crippen LogP contribution is -2.18. The zero-order valence-electron chi connectivity index (χ0n) is 7.29. The SMILES string of the molecule is CN1CCc2ccccc2SC1. The van der Waals surface area contributed by atoms with Crippen LogP contribution in [-0.2, 0) is 6.42 Å². The van der Waals surface area contributed by atoms with Crippen LogP contribution in [0, 0.1) is 0 Å². The number of fused-ring (bicyclic) bond motifs is 1. The van der Waals surface area contributed by atoms with Gasteiger partial charge < -0.3 is 0 Å². The first-order valence-corrected chi connectivity index (χ1v) is 5.24. The van der Waals surface area contributed by atoms with Crippen LogP contribution in [0.5, 0.6) is 0 Å². The molecule has 0 N–H and O–H groups in total. The van der Waals surface area contributed by atoms with Crippen molar-refractivity contribution in [1.29, 1.82) is 0 Å². The van der Waals surface area contributed by atoms with Crippen molar-refractivity contribution in [3.05, 3.63) is 29.8 Å². The Labute approximate surface area is 77.8 Å². The Morgan fingerprint density at radius 1 is 1.33 bits per heavy atom. The lowest BCUT2D eigenvalue weighted by molar-refractivity contribution is 0.400. The maximum absolute atomic E-state index is 2.37. The first kappa shape index (κ1) is 8.14. The fraction of sp³-hybridized carbons (Fsp3) is 0.400. The molecular weight excluding hydrogens is 166 g/mol. The zero-order chi connectivity index (χ0) is 8.39. The van der Waals surface area contributed by atoms with Crippen LogP contribution in [0.25, 0.3) is 0 Å². The fourth-order valence-electron chi connectivity index (χ4n) is 1.41. The summed E-state index contributed by atoms with van der Waals surface area (Å²) in [5.74, 6) is 1.12. The molecule has 0 saturated carbocycles. The van der Waals surface area contributed by atoms with Crippen molar-refractivity contribution in [1.82, 2.24) is 4.90 Å². The monoisotopic (exact) mass is 179 g/mol. The molecule has 12 heavy (non-hydrogen) atoms. The van der Waals surface area contributed by atoms with E-state index in [0.717, 1.165) is 5.88 Å². The summed E-state index contributed by atoms with van der Waals surface area (Å²) in [5.41, 5.74) is 1.51. The van der Waals surface area contributed by atoms with E-state index >= 15 is 0 Å². The van der Waals surface area contributed by atoms with Gasteiger partial charge in [-0.25, -0.2) is 0 Å². The van der Waals surface area contributed by atoms with E-state index in [1.165, 1.54) is 23.4 Å². The summed E-state index contributed by atoms with van der Waals surface area (Å²) < 4.78 is 0. The molecule has 1 aliphatic rings. The van der Waals surface area contributed by atoms with Gasteiger partial charge in [0, 0.05) is 17.3 Å². The highest BCUT2D eigenvalue weighted by atomic mass is 32.2. The molecule has 0 atom stereocenters. The lowest BCUT2D eigenvalue weighted by Gasteiger charge is -2.10. The highest BCUT2D eigenvalue weighted by Crippen LogP contribution is 2.26. The Balaban J connectivity index is 2.26. The van der Waals surface area contributed by atoms with Crippen LogP contribution in [0.15, 0.2) is 29.2 Å². The normalized spacial score (nSPS) is 18.4. The molecule has 0 spiro atoms. The maximum atomic E-state index is 2.37. The van der Waals surface area contributed by atoms with Gasteiger partial charge >= 0.3 is 0 Å². The van der Waals surface area contributed by atoms with Gasteiger partial charge in [-0.1, -0.05) is 18.2 Å². The fourth-order valence-corrected chi connectivity index (χ4v) is 2.43. The zero-order valence-corrected chi connectivity index (χ0v) is 8.10. The average molecular weight is 179 g/mol. The predicted octanol–water partition coefficient (Wildman–Crippen LogP) is 2.22. The van der Waals surface area contributed by atoms with Crippen LogP contribution in [-0.4, -0.2) is 24.4 Å². The standard InChI is InChI=1S/C10H13NS/c1-11-7-6-9-4-2-3-5-10(9)12-8-11/h2-5H,6-8H2,1H3. The Kier molecular flexibility index (Phi) is 2.38. The highest BCUT2D eigenvalue weighted by Gasteiger charge is 2.09. The second-order valence-corrected chi connectivity index (χ2v) is 4.20. The third kappa shape index (κ3) is 1.65. The molecule has 0 amide bonds. The maximum Gasteiger partial charge on any atom is 0.0488 e. The average Bonchev–Trinajstić information content (AvgIpc) is 2.29. The van der Waals surface area contributed by atoms with Crippen LogP contribution in [0.1, 0.15) is 5.56 Å². The number of benzene rings is 1. The minimum Gasteiger partial charge on any atom is -0.296 e. The van der Waals surface area contributed by atoms with Crippen LogP contribution in [0.3, 0.4) is 0 Å². The van der Waals surface area contributed by atoms with Gasteiger partial charge in [-0.15, -0.1) is 11.8 Å². The second-order valence-electron chi connectivity index (χ2n) is 3.21. The van der Waals surface area contributed by atoms with Crippen molar-refractivity contribution in [2.75, 3.05) is 19.5 Å². The molecule has 1 aromatic carbocycles. The number of thioether (sulfide) groups is 1. The van der Waals surface area contributed by atoms with Gasteiger partial charge in [0.2, 0.25) is 0 Å². The summed E-state index contributed by atoms with van der Waals surface area (Å²) in [7, 11) is 2.18. The topological polar surface area (TPSA) is 3.24 Å². The van der Waals surface area contributed by atoms with Crippen LogP contribution >= 0.6 is 11.8 Å². The van der Waals surface area contributed by atoms with Crippen LogP contribution in [0.2, 0.25) is 0 Å². The van der Waals surface area contributed by atoms with Gasteiger partial charge in [0.15, 0.2) is 0 Å². The van der Waals surface area contributed by atoms with E-state index in [0.29, 0.717) is 0 Å². The van der Waals surface area contributed by atoms with Gasteiger partial charge in [0.1, 0.15) is 0 Å². The van der Waals surface area contributed by atoms with Crippen molar-refractivity contribution in [2.45, 2.75) is 11.3 Å². The van der Waals surface area contributed by atoms with Crippen molar-refractivity contribution in [3.8, 4) is 0 Å². The minimum absolute atomic E-state index is 1.12. The van der Waals surface area contributed by atoms with E-state index in [2.05, 4.69) is 36.2 Å². The van der Waals surface area contributed by atoms with Gasteiger partial charge in [0.25, 0.3) is 0 Å². The third-order valence-corrected chi connectivity index (χ3v) is 3.46. The first-order chi connectivity index (χ1) is 5.86. The molecular formula is C10H13NS. The summed E-state index contributed by atoms with van der Waals surface area (Å²) in [5, 5.41) is 0. The quantitative estimate of drug-likeness (QED) is 0.601. The third-order valence-electron chi connectivity index (χ3n) is 2.18. The Morgan fingerprint density at radius 2 is 2.17 bits per heavy atom.